The summed E-state index contributed by atoms with van der Waals surface area (Å²) in [7, 11) is -3.82. The lowest BCUT2D eigenvalue weighted by atomic mass is 9.99. The Morgan fingerprint density at radius 3 is 2.63 bits per heavy atom. The first kappa shape index (κ1) is 19.8. The molecule has 1 fully saturated rings. The third-order valence-corrected chi connectivity index (χ3v) is 6.79. The molecule has 1 aliphatic rings. The monoisotopic (exact) mass is 410 g/mol. The number of rotatable bonds is 4. The zero-order valence-corrected chi connectivity index (χ0v) is 16.4. The third kappa shape index (κ3) is 4.65. The summed E-state index contributed by atoms with van der Waals surface area (Å²) in [6.45, 7) is 3.51. The van der Waals surface area contributed by atoms with Crippen LogP contribution in [0.5, 0.6) is 0 Å². The van der Waals surface area contributed by atoms with Crippen LogP contribution in [-0.4, -0.2) is 37.3 Å². The normalized spacial score (nSPS) is 15.7. The highest BCUT2D eigenvalue weighted by atomic mass is 35.5. The van der Waals surface area contributed by atoms with Gasteiger partial charge in [-0.2, -0.15) is 0 Å². The van der Waals surface area contributed by atoms with Gasteiger partial charge in [0.05, 0.1) is 21.4 Å². The number of carbonyl (C=O) groups is 1. The molecule has 0 N–H and O–H groups in total. The Morgan fingerprint density at radius 1 is 1.26 bits per heavy atom. The quantitative estimate of drug-likeness (QED) is 0.720. The fraction of sp³-hybridized carbons (Fsp3) is 0.368. The summed E-state index contributed by atoms with van der Waals surface area (Å²) < 4.78 is 38.4. The largest absolute Gasteiger partial charge is 0.337 e. The topological polar surface area (TPSA) is 67.3 Å². The molecule has 1 amide bonds. The molecule has 1 aliphatic heterocycles. The van der Waals surface area contributed by atoms with Crippen LogP contribution < -0.4 is 0 Å². The molecule has 3 rings (SSSR count). The van der Waals surface area contributed by atoms with E-state index in [1.807, 2.05) is 0 Å². The first-order valence-corrected chi connectivity index (χ1v) is 10.7. The molecule has 27 heavy (non-hydrogen) atoms. The number of piperidine rings is 1. The first-order chi connectivity index (χ1) is 12.8. The summed E-state index contributed by atoms with van der Waals surface area (Å²) in [6.07, 6.45) is 1.89. The molecule has 0 bridgehead atoms. The van der Waals surface area contributed by atoms with E-state index in [0.717, 1.165) is 31.0 Å². The highest BCUT2D eigenvalue weighted by Gasteiger charge is 2.24. The van der Waals surface area contributed by atoms with E-state index in [4.69, 9.17) is 11.6 Å². The van der Waals surface area contributed by atoms with Crippen LogP contribution >= 0.6 is 11.6 Å². The second kappa shape index (κ2) is 7.94. The number of hydrogen-bond donors (Lipinski definition) is 0. The van der Waals surface area contributed by atoms with E-state index in [1.165, 1.54) is 0 Å². The van der Waals surface area contributed by atoms with Crippen molar-refractivity contribution in [2.45, 2.75) is 30.4 Å². The minimum absolute atomic E-state index is 0.158. The molecule has 2 aromatic rings. The van der Waals surface area contributed by atoms with Crippen LogP contribution in [0, 0.1) is 11.7 Å². The van der Waals surface area contributed by atoms with Gasteiger partial charge in [-0.1, -0.05) is 24.6 Å². The molecule has 0 saturated carbocycles. The minimum atomic E-state index is -3.82. The maximum absolute atomic E-state index is 13.2. The number of aromatic nitrogens is 1. The van der Waals surface area contributed by atoms with Crippen molar-refractivity contribution >= 4 is 27.3 Å². The molecule has 0 aliphatic carbocycles. The third-order valence-electron chi connectivity index (χ3n) is 4.66. The van der Waals surface area contributed by atoms with Gasteiger partial charge in [0.2, 0.25) is 0 Å². The number of sulfone groups is 1. The number of hydrogen-bond acceptors (Lipinski definition) is 4. The Kier molecular flexibility index (Phi) is 5.81. The molecule has 8 heteroatoms. The van der Waals surface area contributed by atoms with Crippen molar-refractivity contribution in [1.82, 2.24) is 9.88 Å². The smallest absolute Gasteiger partial charge is 0.272 e. The van der Waals surface area contributed by atoms with Crippen molar-refractivity contribution in [2.24, 2.45) is 5.92 Å². The van der Waals surface area contributed by atoms with Crippen molar-refractivity contribution in [3.8, 4) is 0 Å². The summed E-state index contributed by atoms with van der Waals surface area (Å²) in [5.74, 6) is -0.628. The number of likely N-dealkylation sites (tertiary alicyclic amines) is 1. The van der Waals surface area contributed by atoms with Crippen LogP contribution in [-0.2, 0) is 15.6 Å². The number of carbonyl (C=O) groups excluding carboxylic acids is 1. The number of halogens is 2. The molecular formula is C19H20ClFN2O3S. The van der Waals surface area contributed by atoms with Crippen LogP contribution in [0.3, 0.4) is 0 Å². The molecule has 2 heterocycles. The van der Waals surface area contributed by atoms with Gasteiger partial charge in [0, 0.05) is 13.1 Å². The maximum Gasteiger partial charge on any atom is 0.272 e. The van der Waals surface area contributed by atoms with Gasteiger partial charge >= 0.3 is 0 Å². The average molecular weight is 411 g/mol. The summed E-state index contributed by atoms with van der Waals surface area (Å²) in [4.78, 5) is 18.5. The van der Waals surface area contributed by atoms with Crippen LogP contribution in [0.15, 0.2) is 41.3 Å². The second-order valence-corrected chi connectivity index (χ2v) is 9.19. The molecule has 0 atom stereocenters. The lowest BCUT2D eigenvalue weighted by molar-refractivity contribution is 0.0691. The number of nitrogens with zero attached hydrogens (tertiary/aromatic N) is 2. The van der Waals surface area contributed by atoms with Gasteiger partial charge in [-0.05, 0) is 49.1 Å². The van der Waals surface area contributed by atoms with E-state index in [2.05, 4.69) is 11.9 Å². The fourth-order valence-corrected chi connectivity index (χ4v) is 4.91. The van der Waals surface area contributed by atoms with Crippen molar-refractivity contribution in [3.05, 3.63) is 58.6 Å². The Hall–Kier alpha value is -1.99. The van der Waals surface area contributed by atoms with Gasteiger partial charge in [-0.25, -0.2) is 17.8 Å². The van der Waals surface area contributed by atoms with Gasteiger partial charge in [0.25, 0.3) is 5.91 Å². The lowest BCUT2D eigenvalue weighted by Crippen LogP contribution is -2.38. The zero-order valence-electron chi connectivity index (χ0n) is 14.9. The van der Waals surface area contributed by atoms with E-state index >= 15 is 0 Å². The molecule has 144 valence electrons. The van der Waals surface area contributed by atoms with Crippen LogP contribution in [0.2, 0.25) is 5.02 Å². The molecule has 0 unspecified atom stereocenters. The van der Waals surface area contributed by atoms with Crippen molar-refractivity contribution in [1.29, 1.82) is 0 Å². The Morgan fingerprint density at radius 2 is 1.96 bits per heavy atom. The zero-order chi connectivity index (χ0) is 19.6. The van der Waals surface area contributed by atoms with Gasteiger partial charge < -0.3 is 4.90 Å². The molecule has 0 radical (unpaired) electrons. The van der Waals surface area contributed by atoms with E-state index in [9.17, 15) is 17.6 Å². The van der Waals surface area contributed by atoms with Gasteiger partial charge in [0.1, 0.15) is 11.5 Å². The molecule has 5 nitrogen and oxygen atoms in total. The van der Waals surface area contributed by atoms with Crippen molar-refractivity contribution in [3.63, 3.8) is 0 Å². The fourth-order valence-electron chi connectivity index (χ4n) is 3.05. The predicted octanol–water partition coefficient (Wildman–Crippen LogP) is 3.72. The summed E-state index contributed by atoms with van der Waals surface area (Å²) in [5.41, 5.74) is 0.467. The van der Waals surface area contributed by atoms with Crippen molar-refractivity contribution < 1.29 is 17.6 Å². The standard InChI is InChI=1S/C19H20ClFN2O3S/c1-13-7-9-23(10-8-13)19(24)17-4-2-3-15(22-17)12-27(25,26)18-6-5-14(21)11-16(18)20/h2-6,11,13H,7-10,12H2,1H3. The highest BCUT2D eigenvalue weighted by molar-refractivity contribution is 7.90. The molecule has 1 aromatic heterocycles. The second-order valence-electron chi connectivity index (χ2n) is 6.82. The van der Waals surface area contributed by atoms with E-state index in [0.29, 0.717) is 19.0 Å². The van der Waals surface area contributed by atoms with Crippen LogP contribution in [0.1, 0.15) is 35.9 Å². The summed E-state index contributed by atoms with van der Waals surface area (Å²) in [5, 5.41) is -0.176. The summed E-state index contributed by atoms with van der Waals surface area (Å²) in [6, 6.07) is 7.88. The maximum atomic E-state index is 13.2. The number of benzene rings is 1. The highest BCUT2D eigenvalue weighted by Crippen LogP contribution is 2.25. The number of pyridine rings is 1. The molecule has 1 aromatic carbocycles. The van der Waals surface area contributed by atoms with Crippen LogP contribution in [0.4, 0.5) is 4.39 Å². The average Bonchev–Trinajstić information content (AvgIpc) is 2.61. The van der Waals surface area contributed by atoms with Gasteiger partial charge in [0.15, 0.2) is 9.84 Å². The Labute approximate surface area is 163 Å². The summed E-state index contributed by atoms with van der Waals surface area (Å²) >= 11 is 5.87. The molecule has 0 spiro atoms. The van der Waals surface area contributed by atoms with Gasteiger partial charge in [-0.15, -0.1) is 0 Å². The Bertz CT molecular complexity index is 957. The lowest BCUT2D eigenvalue weighted by Gasteiger charge is -2.30. The predicted molar refractivity (Wildman–Crippen MR) is 101 cm³/mol. The van der Waals surface area contributed by atoms with E-state index < -0.39 is 21.4 Å². The minimum Gasteiger partial charge on any atom is -0.337 e. The molecule has 1 saturated heterocycles. The molecular weight excluding hydrogens is 391 g/mol. The number of amides is 1. The SMILES string of the molecule is CC1CCN(C(=O)c2cccc(CS(=O)(=O)c3ccc(F)cc3Cl)n2)CC1. The van der Waals surface area contributed by atoms with Gasteiger partial charge in [-0.3, -0.25) is 4.79 Å². The van der Waals surface area contributed by atoms with Crippen LogP contribution in [0.25, 0.3) is 0 Å². The first-order valence-electron chi connectivity index (χ1n) is 8.69. The van der Waals surface area contributed by atoms with E-state index in [-0.39, 0.29) is 27.2 Å². The Balaban J connectivity index is 1.80. The van der Waals surface area contributed by atoms with E-state index in [1.54, 1.807) is 23.1 Å². The van der Waals surface area contributed by atoms with Crippen molar-refractivity contribution in [2.75, 3.05) is 13.1 Å².